The molecule has 7 nitrogen and oxygen atoms in total. The molecule has 1 aromatic carbocycles. The number of carbonyl (C=O) groups excluding carboxylic acids is 1. The number of rotatable bonds is 3. The standard InChI is InChI=1S/C11H13N5O2/c1-6(10-13-5-14-16-10)15-11(18)7-2-3-8(12)9(17)4-7/h2-6,17H,12H2,1H3,(H,15,18)(H,13,14,16). The zero-order chi connectivity index (χ0) is 13.1. The molecular weight excluding hydrogens is 234 g/mol. The van der Waals surface area contributed by atoms with Gasteiger partial charge < -0.3 is 16.2 Å². The van der Waals surface area contributed by atoms with Crippen LogP contribution < -0.4 is 11.1 Å². The van der Waals surface area contributed by atoms with Crippen molar-refractivity contribution in [2.75, 3.05) is 5.73 Å². The molecule has 94 valence electrons. The van der Waals surface area contributed by atoms with Gasteiger partial charge in [0, 0.05) is 5.56 Å². The number of hydrogen-bond acceptors (Lipinski definition) is 5. The highest BCUT2D eigenvalue weighted by atomic mass is 16.3. The Morgan fingerprint density at radius 3 is 2.94 bits per heavy atom. The zero-order valence-electron chi connectivity index (χ0n) is 9.71. The summed E-state index contributed by atoms with van der Waals surface area (Å²) in [5.74, 6) is 0.118. The van der Waals surface area contributed by atoms with Gasteiger partial charge in [0.15, 0.2) is 0 Å². The number of nitrogens with two attached hydrogens (primary N) is 1. The lowest BCUT2D eigenvalue weighted by Gasteiger charge is -2.11. The van der Waals surface area contributed by atoms with Gasteiger partial charge in [-0.2, -0.15) is 5.10 Å². The number of nitrogen functional groups attached to an aromatic ring is 1. The van der Waals surface area contributed by atoms with Crippen LogP contribution in [0.2, 0.25) is 0 Å². The van der Waals surface area contributed by atoms with Crippen molar-refractivity contribution >= 4 is 11.6 Å². The first-order valence-corrected chi connectivity index (χ1v) is 5.32. The number of phenols is 1. The van der Waals surface area contributed by atoms with Crippen molar-refractivity contribution in [1.29, 1.82) is 0 Å². The van der Waals surface area contributed by atoms with Crippen molar-refractivity contribution in [3.8, 4) is 5.75 Å². The number of benzene rings is 1. The van der Waals surface area contributed by atoms with Gasteiger partial charge in [0.1, 0.15) is 17.9 Å². The number of anilines is 1. The Balaban J connectivity index is 2.10. The topological polar surface area (TPSA) is 117 Å². The maximum absolute atomic E-state index is 11.9. The number of aromatic hydroxyl groups is 1. The summed E-state index contributed by atoms with van der Waals surface area (Å²) < 4.78 is 0. The molecule has 0 bridgehead atoms. The molecule has 0 radical (unpaired) electrons. The summed E-state index contributed by atoms with van der Waals surface area (Å²) in [6, 6.07) is 4.03. The molecule has 0 aliphatic carbocycles. The van der Waals surface area contributed by atoms with Crippen molar-refractivity contribution < 1.29 is 9.90 Å². The van der Waals surface area contributed by atoms with Crippen molar-refractivity contribution in [3.05, 3.63) is 35.9 Å². The third-order valence-corrected chi connectivity index (χ3v) is 2.48. The second-order valence-electron chi connectivity index (χ2n) is 3.84. The van der Waals surface area contributed by atoms with Gasteiger partial charge in [-0.1, -0.05) is 0 Å². The predicted octanol–water partition coefficient (Wildman–Crippen LogP) is 0.583. The molecule has 7 heteroatoms. The van der Waals surface area contributed by atoms with Crippen LogP contribution in [0.1, 0.15) is 29.1 Å². The molecule has 0 saturated heterocycles. The van der Waals surface area contributed by atoms with E-state index in [1.807, 2.05) is 0 Å². The molecule has 0 saturated carbocycles. The van der Waals surface area contributed by atoms with E-state index in [0.29, 0.717) is 11.4 Å². The van der Waals surface area contributed by atoms with E-state index in [-0.39, 0.29) is 23.4 Å². The maximum Gasteiger partial charge on any atom is 0.251 e. The second-order valence-corrected chi connectivity index (χ2v) is 3.84. The van der Waals surface area contributed by atoms with Gasteiger partial charge >= 0.3 is 0 Å². The van der Waals surface area contributed by atoms with E-state index in [0.717, 1.165) is 0 Å². The normalized spacial score (nSPS) is 12.1. The Kier molecular flexibility index (Phi) is 3.13. The third-order valence-electron chi connectivity index (χ3n) is 2.48. The number of nitrogens with zero attached hydrogens (tertiary/aromatic N) is 2. The number of phenolic OH excluding ortho intramolecular Hbond substituents is 1. The van der Waals surface area contributed by atoms with Gasteiger partial charge in [0.2, 0.25) is 0 Å². The van der Waals surface area contributed by atoms with E-state index in [9.17, 15) is 9.90 Å². The highest BCUT2D eigenvalue weighted by molar-refractivity contribution is 5.95. The van der Waals surface area contributed by atoms with Gasteiger partial charge in [-0.3, -0.25) is 9.89 Å². The summed E-state index contributed by atoms with van der Waals surface area (Å²) in [5.41, 5.74) is 6.02. The monoisotopic (exact) mass is 247 g/mol. The van der Waals surface area contributed by atoms with Gasteiger partial charge in [-0.25, -0.2) is 4.98 Å². The van der Waals surface area contributed by atoms with E-state index >= 15 is 0 Å². The first-order valence-electron chi connectivity index (χ1n) is 5.32. The molecule has 0 fully saturated rings. The van der Waals surface area contributed by atoms with Gasteiger partial charge in [0.25, 0.3) is 5.91 Å². The molecule has 1 heterocycles. The van der Waals surface area contributed by atoms with Crippen LogP contribution >= 0.6 is 0 Å². The lowest BCUT2D eigenvalue weighted by Crippen LogP contribution is -2.27. The smallest absolute Gasteiger partial charge is 0.251 e. The largest absolute Gasteiger partial charge is 0.506 e. The van der Waals surface area contributed by atoms with Crippen molar-refractivity contribution in [2.45, 2.75) is 13.0 Å². The molecule has 0 aliphatic rings. The Bertz CT molecular complexity index is 553. The fraction of sp³-hybridized carbons (Fsp3) is 0.182. The SMILES string of the molecule is CC(NC(=O)c1ccc(N)c(O)c1)c1ncn[nH]1. The van der Waals surface area contributed by atoms with Crippen LogP contribution in [0, 0.1) is 0 Å². The molecule has 1 aromatic heterocycles. The van der Waals surface area contributed by atoms with Crippen LogP contribution in [0.3, 0.4) is 0 Å². The molecule has 2 aromatic rings. The fourth-order valence-corrected chi connectivity index (χ4v) is 1.46. The van der Waals surface area contributed by atoms with Crippen molar-refractivity contribution in [2.24, 2.45) is 0 Å². The highest BCUT2D eigenvalue weighted by Gasteiger charge is 2.14. The van der Waals surface area contributed by atoms with E-state index in [4.69, 9.17) is 5.73 Å². The zero-order valence-corrected chi connectivity index (χ0v) is 9.71. The van der Waals surface area contributed by atoms with Crippen LogP contribution in [0.5, 0.6) is 5.75 Å². The third kappa shape index (κ3) is 2.40. The van der Waals surface area contributed by atoms with Gasteiger partial charge in [-0.05, 0) is 25.1 Å². The summed E-state index contributed by atoms with van der Waals surface area (Å²) in [6.45, 7) is 1.77. The number of hydrogen-bond donors (Lipinski definition) is 4. The number of aromatic amines is 1. The van der Waals surface area contributed by atoms with E-state index < -0.39 is 0 Å². The molecule has 0 aliphatic heterocycles. The number of carbonyl (C=O) groups is 1. The minimum atomic E-state index is -0.325. The number of H-pyrrole nitrogens is 1. The second kappa shape index (κ2) is 4.74. The minimum Gasteiger partial charge on any atom is -0.506 e. The Hall–Kier alpha value is -2.57. The Morgan fingerprint density at radius 1 is 1.56 bits per heavy atom. The van der Waals surface area contributed by atoms with Crippen LogP contribution in [0.15, 0.2) is 24.5 Å². The number of amides is 1. The van der Waals surface area contributed by atoms with Crippen LogP contribution in [0.25, 0.3) is 0 Å². The quantitative estimate of drug-likeness (QED) is 0.467. The lowest BCUT2D eigenvalue weighted by atomic mass is 10.1. The van der Waals surface area contributed by atoms with Crippen LogP contribution in [0.4, 0.5) is 5.69 Å². The molecule has 1 amide bonds. The van der Waals surface area contributed by atoms with Gasteiger partial charge in [0.05, 0.1) is 11.7 Å². The molecule has 2 rings (SSSR count). The lowest BCUT2D eigenvalue weighted by molar-refractivity contribution is 0.0938. The van der Waals surface area contributed by atoms with Gasteiger partial charge in [-0.15, -0.1) is 0 Å². The van der Waals surface area contributed by atoms with Crippen LogP contribution in [-0.4, -0.2) is 26.2 Å². The van der Waals surface area contributed by atoms with E-state index in [1.165, 1.54) is 24.5 Å². The first-order chi connectivity index (χ1) is 8.58. The average molecular weight is 247 g/mol. The van der Waals surface area contributed by atoms with Crippen molar-refractivity contribution in [3.63, 3.8) is 0 Å². The summed E-state index contributed by atoms with van der Waals surface area (Å²) in [4.78, 5) is 15.8. The average Bonchev–Trinajstić information content (AvgIpc) is 2.86. The molecule has 5 N–H and O–H groups in total. The highest BCUT2D eigenvalue weighted by Crippen LogP contribution is 2.20. The maximum atomic E-state index is 11.9. The Morgan fingerprint density at radius 2 is 2.33 bits per heavy atom. The van der Waals surface area contributed by atoms with Crippen LogP contribution in [-0.2, 0) is 0 Å². The van der Waals surface area contributed by atoms with Crippen molar-refractivity contribution in [1.82, 2.24) is 20.5 Å². The number of nitrogens with one attached hydrogen (secondary N) is 2. The summed E-state index contributed by atoms with van der Waals surface area (Å²) >= 11 is 0. The molecule has 1 unspecified atom stereocenters. The molecule has 1 atom stereocenters. The summed E-state index contributed by atoms with van der Waals surface area (Å²) in [6.07, 6.45) is 1.37. The summed E-state index contributed by atoms with van der Waals surface area (Å²) in [5, 5.41) is 18.5. The molecule has 18 heavy (non-hydrogen) atoms. The minimum absolute atomic E-state index is 0.116. The Labute approximate surface area is 103 Å². The first kappa shape index (κ1) is 11.9. The number of aromatic nitrogens is 3. The molecule has 0 spiro atoms. The molecular formula is C11H13N5O2. The predicted molar refractivity (Wildman–Crippen MR) is 64.8 cm³/mol. The summed E-state index contributed by atoms with van der Waals surface area (Å²) in [7, 11) is 0. The fourth-order valence-electron chi connectivity index (χ4n) is 1.46. The van der Waals surface area contributed by atoms with E-state index in [2.05, 4.69) is 20.5 Å². The van der Waals surface area contributed by atoms with E-state index in [1.54, 1.807) is 6.92 Å².